The molecule has 0 aliphatic carbocycles. The van der Waals surface area contributed by atoms with E-state index in [0.717, 1.165) is 25.4 Å². The molecule has 0 bridgehead atoms. The molecule has 0 saturated heterocycles. The highest BCUT2D eigenvalue weighted by molar-refractivity contribution is 5.28. The maximum absolute atomic E-state index is 5.37. The van der Waals surface area contributed by atoms with E-state index >= 15 is 0 Å². The fourth-order valence-corrected chi connectivity index (χ4v) is 1.41. The third-order valence-corrected chi connectivity index (χ3v) is 2.29. The van der Waals surface area contributed by atoms with E-state index in [0.29, 0.717) is 6.61 Å². The number of terminal acetylenes is 1. The highest BCUT2D eigenvalue weighted by Crippen LogP contribution is 2.12. The van der Waals surface area contributed by atoms with Crippen molar-refractivity contribution in [1.29, 1.82) is 0 Å². The van der Waals surface area contributed by atoms with Gasteiger partial charge in [-0.05, 0) is 31.8 Å². The van der Waals surface area contributed by atoms with Gasteiger partial charge in [0.15, 0.2) is 0 Å². The predicted octanol–water partition coefficient (Wildman–Crippen LogP) is 1.35. The fourth-order valence-electron chi connectivity index (χ4n) is 1.41. The van der Waals surface area contributed by atoms with Crippen LogP contribution >= 0.6 is 0 Å². The molecule has 0 unspecified atom stereocenters. The molecule has 0 saturated carbocycles. The number of nitrogens with one attached hydrogen (secondary N) is 1. The van der Waals surface area contributed by atoms with Gasteiger partial charge in [0.05, 0.1) is 0 Å². The molecular formula is C14H20N2O. The summed E-state index contributed by atoms with van der Waals surface area (Å²) in [6.45, 7) is 3.17. The zero-order valence-electron chi connectivity index (χ0n) is 10.6. The maximum atomic E-state index is 5.37. The molecule has 3 heteroatoms. The lowest BCUT2D eigenvalue weighted by atomic mass is 10.2. The first-order valence-corrected chi connectivity index (χ1v) is 5.73. The molecule has 92 valence electrons. The molecule has 0 aliphatic rings. The van der Waals surface area contributed by atoms with Crippen LogP contribution in [-0.4, -0.2) is 38.7 Å². The standard InChI is InChI=1S/C14H20N2O/c1-4-10-17-14-7-5-6-13(11-14)12-15-8-9-16(2)3/h1,5-7,11,15H,8-10,12H2,2-3H3. The highest BCUT2D eigenvalue weighted by Gasteiger charge is 1.96. The zero-order valence-corrected chi connectivity index (χ0v) is 10.6. The van der Waals surface area contributed by atoms with E-state index in [1.165, 1.54) is 5.56 Å². The lowest BCUT2D eigenvalue weighted by Gasteiger charge is -2.11. The largest absolute Gasteiger partial charge is 0.481 e. The van der Waals surface area contributed by atoms with Crippen LogP contribution in [0.5, 0.6) is 5.75 Å². The van der Waals surface area contributed by atoms with Gasteiger partial charge in [-0.3, -0.25) is 0 Å². The van der Waals surface area contributed by atoms with Crippen molar-refractivity contribution in [3.05, 3.63) is 29.8 Å². The Morgan fingerprint density at radius 3 is 2.94 bits per heavy atom. The summed E-state index contributed by atoms with van der Waals surface area (Å²) in [4.78, 5) is 2.15. The van der Waals surface area contributed by atoms with Crippen LogP contribution in [0, 0.1) is 12.3 Å². The summed E-state index contributed by atoms with van der Waals surface area (Å²) in [5, 5.41) is 3.38. The summed E-state index contributed by atoms with van der Waals surface area (Å²) in [6.07, 6.45) is 5.15. The Kier molecular flexibility index (Phi) is 6.16. The van der Waals surface area contributed by atoms with Gasteiger partial charge in [-0.15, -0.1) is 6.42 Å². The second-order valence-corrected chi connectivity index (χ2v) is 4.12. The molecule has 0 heterocycles. The molecule has 1 N–H and O–H groups in total. The SMILES string of the molecule is C#CCOc1cccc(CNCCN(C)C)c1. The summed E-state index contributed by atoms with van der Waals surface area (Å²) in [6, 6.07) is 7.99. The molecule has 0 atom stereocenters. The van der Waals surface area contributed by atoms with Crippen molar-refractivity contribution in [3.8, 4) is 18.1 Å². The minimum atomic E-state index is 0.317. The van der Waals surface area contributed by atoms with E-state index < -0.39 is 0 Å². The summed E-state index contributed by atoms with van der Waals surface area (Å²) in [7, 11) is 4.13. The summed E-state index contributed by atoms with van der Waals surface area (Å²) in [5.74, 6) is 3.29. The molecule has 0 amide bonds. The molecule has 1 aromatic carbocycles. The number of hydrogen-bond acceptors (Lipinski definition) is 3. The fraction of sp³-hybridized carbons (Fsp3) is 0.429. The molecule has 1 aromatic rings. The van der Waals surface area contributed by atoms with E-state index in [1.807, 2.05) is 18.2 Å². The van der Waals surface area contributed by atoms with E-state index in [2.05, 4.69) is 36.3 Å². The molecule has 0 spiro atoms. The molecular weight excluding hydrogens is 212 g/mol. The summed E-state index contributed by atoms with van der Waals surface area (Å²) >= 11 is 0. The van der Waals surface area contributed by atoms with Gasteiger partial charge in [-0.2, -0.15) is 0 Å². The molecule has 1 rings (SSSR count). The van der Waals surface area contributed by atoms with Crippen molar-refractivity contribution in [1.82, 2.24) is 10.2 Å². The second-order valence-electron chi connectivity index (χ2n) is 4.12. The first kappa shape index (κ1) is 13.6. The van der Waals surface area contributed by atoms with Crippen LogP contribution in [0.2, 0.25) is 0 Å². The Morgan fingerprint density at radius 2 is 2.24 bits per heavy atom. The smallest absolute Gasteiger partial charge is 0.148 e. The van der Waals surface area contributed by atoms with Crippen LogP contribution in [0.25, 0.3) is 0 Å². The van der Waals surface area contributed by atoms with Gasteiger partial charge >= 0.3 is 0 Å². The third-order valence-electron chi connectivity index (χ3n) is 2.29. The number of likely N-dealkylation sites (N-methyl/N-ethyl adjacent to an activating group) is 1. The number of benzene rings is 1. The Balaban J connectivity index is 2.35. The first-order chi connectivity index (χ1) is 8.22. The molecule has 0 fully saturated rings. The number of hydrogen-bond donors (Lipinski definition) is 1. The average molecular weight is 232 g/mol. The number of nitrogens with zero attached hydrogens (tertiary/aromatic N) is 1. The summed E-state index contributed by atoms with van der Waals surface area (Å²) in [5.41, 5.74) is 1.21. The normalized spacial score (nSPS) is 10.2. The van der Waals surface area contributed by atoms with Crippen LogP contribution < -0.4 is 10.1 Å². The highest BCUT2D eigenvalue weighted by atomic mass is 16.5. The zero-order chi connectivity index (χ0) is 12.5. The lowest BCUT2D eigenvalue weighted by Crippen LogP contribution is -2.26. The molecule has 17 heavy (non-hydrogen) atoms. The minimum absolute atomic E-state index is 0.317. The van der Waals surface area contributed by atoms with Crippen molar-refractivity contribution >= 4 is 0 Å². The predicted molar refractivity (Wildman–Crippen MR) is 71.0 cm³/mol. The van der Waals surface area contributed by atoms with E-state index in [9.17, 15) is 0 Å². The molecule has 0 aliphatic heterocycles. The number of rotatable bonds is 7. The van der Waals surface area contributed by atoms with Crippen LogP contribution in [-0.2, 0) is 6.54 Å². The van der Waals surface area contributed by atoms with Crippen molar-refractivity contribution in [2.75, 3.05) is 33.8 Å². The first-order valence-electron chi connectivity index (χ1n) is 5.73. The lowest BCUT2D eigenvalue weighted by molar-refractivity contribution is 0.369. The van der Waals surface area contributed by atoms with E-state index in [1.54, 1.807) is 0 Å². The van der Waals surface area contributed by atoms with Crippen LogP contribution in [0.4, 0.5) is 0 Å². The second kappa shape index (κ2) is 7.72. The van der Waals surface area contributed by atoms with Gasteiger partial charge in [-0.1, -0.05) is 18.1 Å². The Bertz CT molecular complexity index is 369. The third kappa shape index (κ3) is 5.96. The van der Waals surface area contributed by atoms with Crippen molar-refractivity contribution in [3.63, 3.8) is 0 Å². The van der Waals surface area contributed by atoms with E-state index in [4.69, 9.17) is 11.2 Å². The Hall–Kier alpha value is -1.50. The van der Waals surface area contributed by atoms with Gasteiger partial charge in [0.2, 0.25) is 0 Å². The van der Waals surface area contributed by atoms with Gasteiger partial charge in [-0.25, -0.2) is 0 Å². The quantitative estimate of drug-likeness (QED) is 0.567. The minimum Gasteiger partial charge on any atom is -0.481 e. The monoisotopic (exact) mass is 232 g/mol. The van der Waals surface area contributed by atoms with Gasteiger partial charge in [0.25, 0.3) is 0 Å². The van der Waals surface area contributed by atoms with Gasteiger partial charge in [0, 0.05) is 19.6 Å². The van der Waals surface area contributed by atoms with Crippen molar-refractivity contribution in [2.24, 2.45) is 0 Å². The Labute approximate surface area is 104 Å². The topological polar surface area (TPSA) is 24.5 Å². The van der Waals surface area contributed by atoms with Crippen LogP contribution in [0.1, 0.15) is 5.56 Å². The Morgan fingerprint density at radius 1 is 1.41 bits per heavy atom. The maximum Gasteiger partial charge on any atom is 0.148 e. The van der Waals surface area contributed by atoms with Gasteiger partial charge < -0.3 is 15.0 Å². The average Bonchev–Trinajstić information content (AvgIpc) is 2.32. The molecule has 3 nitrogen and oxygen atoms in total. The van der Waals surface area contributed by atoms with Crippen LogP contribution in [0.3, 0.4) is 0 Å². The van der Waals surface area contributed by atoms with Gasteiger partial charge in [0.1, 0.15) is 12.4 Å². The van der Waals surface area contributed by atoms with Crippen molar-refractivity contribution < 1.29 is 4.74 Å². The summed E-state index contributed by atoms with van der Waals surface area (Å²) < 4.78 is 5.37. The molecule has 0 radical (unpaired) electrons. The van der Waals surface area contributed by atoms with Crippen molar-refractivity contribution in [2.45, 2.75) is 6.54 Å². The van der Waals surface area contributed by atoms with E-state index in [-0.39, 0.29) is 0 Å². The number of ether oxygens (including phenoxy) is 1. The molecule has 0 aromatic heterocycles. The van der Waals surface area contributed by atoms with Crippen LogP contribution in [0.15, 0.2) is 24.3 Å².